The summed E-state index contributed by atoms with van der Waals surface area (Å²) in [5.74, 6) is 1.30. The number of alkyl halides is 1. The molecule has 1 rings (SSSR count). The van der Waals surface area contributed by atoms with Gasteiger partial charge in [-0.05, 0) is 32.0 Å². The Balaban J connectivity index is 2.68. The topological polar surface area (TPSA) is 30.5 Å². The Bertz CT molecular complexity index is 344. The second-order valence-electron chi connectivity index (χ2n) is 3.82. The van der Waals surface area contributed by atoms with Crippen LogP contribution in [0.1, 0.15) is 19.4 Å². The van der Waals surface area contributed by atoms with Crippen LogP contribution in [-0.2, 0) is 10.6 Å². The van der Waals surface area contributed by atoms with E-state index < -0.39 is 0 Å². The van der Waals surface area contributed by atoms with Crippen LogP contribution >= 0.6 is 11.6 Å². The van der Waals surface area contributed by atoms with Crippen LogP contribution in [0.25, 0.3) is 0 Å². The first-order valence-electron chi connectivity index (χ1n) is 5.79. The lowest BCUT2D eigenvalue weighted by Gasteiger charge is -2.14. The third-order valence-electron chi connectivity index (χ3n) is 2.50. The standard InChI is InChI=1S/C13H20ClNO2/c1-4-17-13-6-5-12(7-11(13)8-14)15-9-10(2)16-3/h5-7,10,15H,4,8-9H2,1-3H3. The van der Waals surface area contributed by atoms with Crippen LogP contribution < -0.4 is 10.1 Å². The van der Waals surface area contributed by atoms with E-state index in [0.29, 0.717) is 12.5 Å². The monoisotopic (exact) mass is 257 g/mol. The van der Waals surface area contributed by atoms with Crippen molar-refractivity contribution in [3.8, 4) is 5.75 Å². The molecule has 17 heavy (non-hydrogen) atoms. The average molecular weight is 258 g/mol. The number of anilines is 1. The van der Waals surface area contributed by atoms with Gasteiger partial charge in [0.25, 0.3) is 0 Å². The molecular weight excluding hydrogens is 238 g/mol. The van der Waals surface area contributed by atoms with E-state index in [2.05, 4.69) is 5.32 Å². The first kappa shape index (κ1) is 14.1. The zero-order valence-corrected chi connectivity index (χ0v) is 11.4. The summed E-state index contributed by atoms with van der Waals surface area (Å²) < 4.78 is 10.7. The maximum absolute atomic E-state index is 5.90. The molecule has 0 heterocycles. The highest BCUT2D eigenvalue weighted by molar-refractivity contribution is 6.17. The first-order chi connectivity index (χ1) is 8.21. The van der Waals surface area contributed by atoms with Gasteiger partial charge in [-0.3, -0.25) is 0 Å². The summed E-state index contributed by atoms with van der Waals surface area (Å²) in [7, 11) is 1.70. The molecule has 0 amide bonds. The number of methoxy groups -OCH3 is 1. The Labute approximate surface area is 108 Å². The van der Waals surface area contributed by atoms with E-state index in [9.17, 15) is 0 Å². The molecule has 4 heteroatoms. The van der Waals surface area contributed by atoms with Crippen LogP contribution in [0.3, 0.4) is 0 Å². The van der Waals surface area contributed by atoms with Gasteiger partial charge in [0.15, 0.2) is 0 Å². The Morgan fingerprint density at radius 2 is 2.18 bits per heavy atom. The number of halogens is 1. The number of benzene rings is 1. The summed E-state index contributed by atoms with van der Waals surface area (Å²) in [5.41, 5.74) is 2.04. The largest absolute Gasteiger partial charge is 0.494 e. The highest BCUT2D eigenvalue weighted by Gasteiger charge is 2.05. The lowest BCUT2D eigenvalue weighted by molar-refractivity contribution is 0.129. The molecular formula is C13H20ClNO2. The molecule has 0 fully saturated rings. The number of hydrogen-bond donors (Lipinski definition) is 1. The number of ether oxygens (including phenoxy) is 2. The zero-order chi connectivity index (χ0) is 12.7. The van der Waals surface area contributed by atoms with Crippen LogP contribution in [0.4, 0.5) is 5.69 Å². The predicted octanol–water partition coefficient (Wildman–Crippen LogP) is 3.27. The molecule has 1 N–H and O–H groups in total. The van der Waals surface area contributed by atoms with Crippen molar-refractivity contribution >= 4 is 17.3 Å². The minimum atomic E-state index is 0.181. The summed E-state index contributed by atoms with van der Waals surface area (Å²) >= 11 is 5.90. The van der Waals surface area contributed by atoms with Crippen LogP contribution in [0.15, 0.2) is 18.2 Å². The Morgan fingerprint density at radius 3 is 2.76 bits per heavy atom. The van der Waals surface area contributed by atoms with Gasteiger partial charge in [0.1, 0.15) is 5.75 Å². The third kappa shape index (κ3) is 4.44. The van der Waals surface area contributed by atoms with E-state index in [1.807, 2.05) is 32.0 Å². The Kier molecular flexibility index (Phi) is 6.16. The summed E-state index contributed by atoms with van der Waals surface area (Å²) in [5, 5.41) is 3.30. The van der Waals surface area contributed by atoms with Gasteiger partial charge in [0.2, 0.25) is 0 Å². The quantitative estimate of drug-likeness (QED) is 0.761. The molecule has 0 spiro atoms. The van der Waals surface area contributed by atoms with Crippen LogP contribution in [0, 0.1) is 0 Å². The Morgan fingerprint density at radius 1 is 1.41 bits per heavy atom. The fourth-order valence-corrected chi connectivity index (χ4v) is 1.64. The minimum absolute atomic E-state index is 0.181. The van der Waals surface area contributed by atoms with Crippen molar-refractivity contribution in [3.63, 3.8) is 0 Å². The SMILES string of the molecule is CCOc1ccc(NCC(C)OC)cc1CCl. The van der Waals surface area contributed by atoms with E-state index in [4.69, 9.17) is 21.1 Å². The fourth-order valence-electron chi connectivity index (χ4n) is 1.44. The number of nitrogens with one attached hydrogen (secondary N) is 1. The van der Waals surface area contributed by atoms with Crippen LogP contribution in [0.5, 0.6) is 5.75 Å². The molecule has 0 radical (unpaired) electrons. The molecule has 0 saturated carbocycles. The van der Waals surface area contributed by atoms with Crippen molar-refractivity contribution in [2.24, 2.45) is 0 Å². The third-order valence-corrected chi connectivity index (χ3v) is 2.79. The molecule has 0 saturated heterocycles. The molecule has 0 aliphatic rings. The molecule has 1 unspecified atom stereocenters. The maximum Gasteiger partial charge on any atom is 0.123 e. The Hall–Kier alpha value is -0.930. The normalized spacial score (nSPS) is 12.2. The van der Waals surface area contributed by atoms with E-state index in [1.54, 1.807) is 7.11 Å². The molecule has 1 aromatic carbocycles. The van der Waals surface area contributed by atoms with Crippen molar-refractivity contribution in [1.29, 1.82) is 0 Å². The van der Waals surface area contributed by atoms with Crippen LogP contribution in [0.2, 0.25) is 0 Å². The van der Waals surface area contributed by atoms with E-state index in [1.165, 1.54) is 0 Å². The maximum atomic E-state index is 5.90. The van der Waals surface area contributed by atoms with E-state index >= 15 is 0 Å². The molecule has 0 aliphatic heterocycles. The van der Waals surface area contributed by atoms with Gasteiger partial charge in [0.05, 0.1) is 18.6 Å². The molecule has 0 aromatic heterocycles. The molecule has 1 atom stereocenters. The summed E-state index contributed by atoms with van der Waals surface area (Å²) in [4.78, 5) is 0. The van der Waals surface area contributed by atoms with Gasteiger partial charge in [0, 0.05) is 24.9 Å². The molecule has 0 bridgehead atoms. The van der Waals surface area contributed by atoms with Crippen molar-refractivity contribution in [2.75, 3.05) is 25.6 Å². The second kappa shape index (κ2) is 7.41. The van der Waals surface area contributed by atoms with Gasteiger partial charge < -0.3 is 14.8 Å². The summed E-state index contributed by atoms with van der Waals surface area (Å²) in [6.07, 6.45) is 0.181. The van der Waals surface area contributed by atoms with Crippen molar-refractivity contribution in [1.82, 2.24) is 0 Å². The lowest BCUT2D eigenvalue weighted by atomic mass is 10.2. The molecule has 1 aromatic rings. The van der Waals surface area contributed by atoms with Crippen molar-refractivity contribution in [2.45, 2.75) is 25.8 Å². The van der Waals surface area contributed by atoms with Gasteiger partial charge in [-0.25, -0.2) is 0 Å². The van der Waals surface area contributed by atoms with Crippen molar-refractivity contribution in [3.05, 3.63) is 23.8 Å². The molecule has 3 nitrogen and oxygen atoms in total. The first-order valence-corrected chi connectivity index (χ1v) is 6.33. The minimum Gasteiger partial charge on any atom is -0.494 e. The van der Waals surface area contributed by atoms with Gasteiger partial charge in [-0.1, -0.05) is 0 Å². The van der Waals surface area contributed by atoms with Crippen molar-refractivity contribution < 1.29 is 9.47 Å². The second-order valence-corrected chi connectivity index (χ2v) is 4.08. The summed E-state index contributed by atoms with van der Waals surface area (Å²) in [6.45, 7) is 5.40. The molecule has 0 aliphatic carbocycles. The van der Waals surface area contributed by atoms with Crippen LogP contribution in [-0.4, -0.2) is 26.4 Å². The highest BCUT2D eigenvalue weighted by Crippen LogP contribution is 2.24. The smallest absolute Gasteiger partial charge is 0.123 e. The average Bonchev–Trinajstić information content (AvgIpc) is 2.37. The number of rotatable bonds is 7. The highest BCUT2D eigenvalue weighted by atomic mass is 35.5. The van der Waals surface area contributed by atoms with E-state index in [0.717, 1.165) is 23.5 Å². The molecule has 96 valence electrons. The van der Waals surface area contributed by atoms with E-state index in [-0.39, 0.29) is 6.10 Å². The predicted molar refractivity (Wildman–Crippen MR) is 72.1 cm³/mol. The van der Waals surface area contributed by atoms with Gasteiger partial charge in [-0.2, -0.15) is 0 Å². The fraction of sp³-hybridized carbons (Fsp3) is 0.538. The van der Waals surface area contributed by atoms with Gasteiger partial charge in [-0.15, -0.1) is 11.6 Å². The summed E-state index contributed by atoms with van der Waals surface area (Å²) in [6, 6.07) is 5.95. The zero-order valence-electron chi connectivity index (χ0n) is 10.6. The van der Waals surface area contributed by atoms with Gasteiger partial charge >= 0.3 is 0 Å². The number of hydrogen-bond acceptors (Lipinski definition) is 3. The lowest BCUT2D eigenvalue weighted by Crippen LogP contribution is -2.18.